The summed E-state index contributed by atoms with van der Waals surface area (Å²) in [5, 5.41) is 0. The molecular formula is C13H22ClNO2. The Morgan fingerprint density at radius 1 is 1.12 bits per heavy atom. The molecule has 1 atom stereocenters. The Balaban J connectivity index is 0.00000256. The van der Waals surface area contributed by atoms with Gasteiger partial charge in [-0.3, -0.25) is 0 Å². The van der Waals surface area contributed by atoms with E-state index in [0.29, 0.717) is 0 Å². The van der Waals surface area contributed by atoms with E-state index in [1.54, 1.807) is 14.2 Å². The molecule has 0 bridgehead atoms. The average Bonchev–Trinajstić information content (AvgIpc) is 2.26. The topological polar surface area (TPSA) is 44.5 Å². The zero-order valence-electron chi connectivity index (χ0n) is 11.1. The van der Waals surface area contributed by atoms with E-state index in [4.69, 9.17) is 15.2 Å². The Morgan fingerprint density at radius 3 is 2.12 bits per heavy atom. The van der Waals surface area contributed by atoms with Gasteiger partial charge in [0.15, 0.2) is 0 Å². The van der Waals surface area contributed by atoms with E-state index in [-0.39, 0.29) is 23.9 Å². The Labute approximate surface area is 110 Å². The van der Waals surface area contributed by atoms with Crippen LogP contribution in [0, 0.1) is 5.41 Å². The van der Waals surface area contributed by atoms with E-state index >= 15 is 0 Å². The number of ether oxygens (including phenoxy) is 2. The van der Waals surface area contributed by atoms with Crippen LogP contribution >= 0.6 is 12.4 Å². The molecule has 3 nitrogen and oxygen atoms in total. The number of nitrogens with two attached hydrogens (primary N) is 1. The third-order valence-corrected chi connectivity index (χ3v) is 2.71. The molecule has 0 heterocycles. The van der Waals surface area contributed by atoms with E-state index in [0.717, 1.165) is 17.1 Å². The summed E-state index contributed by atoms with van der Waals surface area (Å²) in [6.07, 6.45) is 0. The molecule has 1 rings (SSSR count). The van der Waals surface area contributed by atoms with Crippen molar-refractivity contribution in [2.24, 2.45) is 11.1 Å². The van der Waals surface area contributed by atoms with Crippen LogP contribution in [0.2, 0.25) is 0 Å². The quantitative estimate of drug-likeness (QED) is 0.907. The van der Waals surface area contributed by atoms with Crippen molar-refractivity contribution in [2.45, 2.75) is 26.8 Å². The van der Waals surface area contributed by atoms with E-state index in [1.165, 1.54) is 0 Å². The van der Waals surface area contributed by atoms with Gasteiger partial charge < -0.3 is 15.2 Å². The largest absolute Gasteiger partial charge is 0.497 e. The molecule has 0 aliphatic heterocycles. The maximum absolute atomic E-state index is 6.22. The first-order chi connectivity index (χ1) is 7.40. The van der Waals surface area contributed by atoms with Crippen LogP contribution in [-0.4, -0.2) is 14.2 Å². The molecule has 1 aromatic carbocycles. The standard InChI is InChI=1S/C13H21NO2.ClH/c1-13(2,3)12(14)10-7-6-9(15-4)8-11(10)16-5;/h6-8,12H,14H2,1-5H3;1H/t12-;/m1./s1. The third-order valence-electron chi connectivity index (χ3n) is 2.71. The van der Waals surface area contributed by atoms with Crippen molar-refractivity contribution >= 4 is 12.4 Å². The lowest BCUT2D eigenvalue weighted by atomic mass is 9.83. The van der Waals surface area contributed by atoms with Crippen molar-refractivity contribution in [1.82, 2.24) is 0 Å². The van der Waals surface area contributed by atoms with Crippen molar-refractivity contribution in [3.8, 4) is 11.5 Å². The summed E-state index contributed by atoms with van der Waals surface area (Å²) in [5.74, 6) is 1.56. The predicted octanol–water partition coefficient (Wildman–Crippen LogP) is 3.17. The van der Waals surface area contributed by atoms with E-state index in [2.05, 4.69) is 20.8 Å². The molecule has 1 aromatic rings. The van der Waals surface area contributed by atoms with Crippen LogP contribution in [0.25, 0.3) is 0 Å². The Kier molecular flexibility index (Phi) is 5.79. The molecular weight excluding hydrogens is 238 g/mol. The van der Waals surface area contributed by atoms with Gasteiger partial charge in [0, 0.05) is 17.7 Å². The fourth-order valence-corrected chi connectivity index (χ4v) is 1.54. The zero-order valence-corrected chi connectivity index (χ0v) is 11.9. The molecule has 0 amide bonds. The summed E-state index contributed by atoms with van der Waals surface area (Å²) < 4.78 is 10.5. The van der Waals surface area contributed by atoms with Gasteiger partial charge in [0.1, 0.15) is 11.5 Å². The fraction of sp³-hybridized carbons (Fsp3) is 0.538. The van der Waals surface area contributed by atoms with Gasteiger partial charge in [0.05, 0.1) is 14.2 Å². The minimum absolute atomic E-state index is 0. The average molecular weight is 260 g/mol. The first-order valence-electron chi connectivity index (χ1n) is 5.37. The SMILES string of the molecule is COc1ccc([C@@H](N)C(C)(C)C)c(OC)c1.Cl. The highest BCUT2D eigenvalue weighted by molar-refractivity contribution is 5.85. The van der Waals surface area contributed by atoms with Crippen molar-refractivity contribution in [2.75, 3.05) is 14.2 Å². The van der Waals surface area contributed by atoms with Crippen LogP contribution in [0.4, 0.5) is 0 Å². The van der Waals surface area contributed by atoms with Crippen molar-refractivity contribution in [3.63, 3.8) is 0 Å². The number of hydrogen-bond donors (Lipinski definition) is 1. The van der Waals surface area contributed by atoms with Gasteiger partial charge in [-0.15, -0.1) is 12.4 Å². The van der Waals surface area contributed by atoms with Gasteiger partial charge in [-0.2, -0.15) is 0 Å². The molecule has 0 spiro atoms. The highest BCUT2D eigenvalue weighted by atomic mass is 35.5. The number of methoxy groups -OCH3 is 2. The van der Waals surface area contributed by atoms with Crippen LogP contribution in [0.15, 0.2) is 18.2 Å². The molecule has 0 aliphatic rings. The molecule has 0 unspecified atom stereocenters. The number of hydrogen-bond acceptors (Lipinski definition) is 3. The molecule has 98 valence electrons. The summed E-state index contributed by atoms with van der Waals surface area (Å²) in [7, 11) is 3.28. The summed E-state index contributed by atoms with van der Waals surface area (Å²) in [6.45, 7) is 6.34. The van der Waals surface area contributed by atoms with Gasteiger partial charge in [0.2, 0.25) is 0 Å². The maximum Gasteiger partial charge on any atom is 0.127 e. The van der Waals surface area contributed by atoms with Gasteiger partial charge >= 0.3 is 0 Å². The van der Waals surface area contributed by atoms with E-state index < -0.39 is 0 Å². The number of rotatable bonds is 3. The van der Waals surface area contributed by atoms with E-state index in [9.17, 15) is 0 Å². The van der Waals surface area contributed by atoms with Crippen molar-refractivity contribution in [1.29, 1.82) is 0 Å². The summed E-state index contributed by atoms with van der Waals surface area (Å²) in [6, 6.07) is 5.67. The second-order valence-electron chi connectivity index (χ2n) is 4.95. The number of benzene rings is 1. The smallest absolute Gasteiger partial charge is 0.127 e. The molecule has 0 aromatic heterocycles. The van der Waals surface area contributed by atoms with Crippen LogP contribution in [0.5, 0.6) is 11.5 Å². The Bertz CT molecular complexity index is 361. The molecule has 0 radical (unpaired) electrons. The highest BCUT2D eigenvalue weighted by Gasteiger charge is 2.25. The van der Waals surface area contributed by atoms with E-state index in [1.807, 2.05) is 18.2 Å². The van der Waals surface area contributed by atoms with Gasteiger partial charge in [0.25, 0.3) is 0 Å². The lowest BCUT2D eigenvalue weighted by molar-refractivity contribution is 0.313. The highest BCUT2D eigenvalue weighted by Crippen LogP contribution is 2.37. The lowest BCUT2D eigenvalue weighted by Gasteiger charge is -2.28. The maximum atomic E-state index is 6.22. The van der Waals surface area contributed by atoms with Gasteiger partial charge in [-0.05, 0) is 11.5 Å². The van der Waals surface area contributed by atoms with Crippen molar-refractivity contribution in [3.05, 3.63) is 23.8 Å². The zero-order chi connectivity index (χ0) is 12.3. The van der Waals surface area contributed by atoms with Crippen LogP contribution < -0.4 is 15.2 Å². The first kappa shape index (κ1) is 16.1. The number of halogens is 1. The van der Waals surface area contributed by atoms with Crippen LogP contribution in [0.3, 0.4) is 0 Å². The van der Waals surface area contributed by atoms with Crippen LogP contribution in [-0.2, 0) is 0 Å². The summed E-state index contributed by atoms with van der Waals surface area (Å²) in [4.78, 5) is 0. The third kappa shape index (κ3) is 3.79. The minimum atomic E-state index is -0.0617. The summed E-state index contributed by atoms with van der Waals surface area (Å²) >= 11 is 0. The first-order valence-corrected chi connectivity index (χ1v) is 5.37. The molecule has 4 heteroatoms. The second kappa shape index (κ2) is 6.12. The fourth-order valence-electron chi connectivity index (χ4n) is 1.54. The van der Waals surface area contributed by atoms with Crippen molar-refractivity contribution < 1.29 is 9.47 Å². The molecule has 2 N–H and O–H groups in total. The predicted molar refractivity (Wildman–Crippen MR) is 73.2 cm³/mol. The Hall–Kier alpha value is -0.930. The second-order valence-corrected chi connectivity index (χ2v) is 4.95. The molecule has 0 fully saturated rings. The Morgan fingerprint density at radius 2 is 1.71 bits per heavy atom. The normalized spacial score (nSPS) is 12.6. The molecule has 17 heavy (non-hydrogen) atoms. The minimum Gasteiger partial charge on any atom is -0.497 e. The van der Waals surface area contributed by atoms with Gasteiger partial charge in [-0.1, -0.05) is 26.8 Å². The molecule has 0 saturated heterocycles. The monoisotopic (exact) mass is 259 g/mol. The lowest BCUT2D eigenvalue weighted by Crippen LogP contribution is -2.26. The van der Waals surface area contributed by atoms with Crippen LogP contribution in [0.1, 0.15) is 32.4 Å². The molecule has 0 saturated carbocycles. The summed E-state index contributed by atoms with van der Waals surface area (Å²) in [5.41, 5.74) is 7.23. The molecule has 0 aliphatic carbocycles. The van der Waals surface area contributed by atoms with Gasteiger partial charge in [-0.25, -0.2) is 0 Å².